The fourth-order valence-corrected chi connectivity index (χ4v) is 3.84. The van der Waals surface area contributed by atoms with Gasteiger partial charge in [-0.25, -0.2) is 0 Å². The lowest BCUT2D eigenvalue weighted by atomic mass is 10.2. The number of aromatic nitrogens is 4. The number of hydrogen-bond donors (Lipinski definition) is 1. The minimum Gasteiger partial charge on any atom is -0.497 e. The van der Waals surface area contributed by atoms with Crippen LogP contribution >= 0.6 is 11.8 Å². The largest absolute Gasteiger partial charge is 0.497 e. The van der Waals surface area contributed by atoms with Gasteiger partial charge < -0.3 is 24.3 Å². The highest BCUT2D eigenvalue weighted by atomic mass is 32.2. The Labute approximate surface area is 192 Å². The number of hydrogen-bond acceptors (Lipinski definition) is 8. The number of carbonyl (C=O) groups excluding carboxylic acids is 1. The van der Waals surface area contributed by atoms with Crippen molar-refractivity contribution in [1.29, 1.82) is 0 Å². The lowest BCUT2D eigenvalue weighted by Gasteiger charge is -2.13. The summed E-state index contributed by atoms with van der Waals surface area (Å²) in [7, 11) is 7.22. The van der Waals surface area contributed by atoms with Crippen LogP contribution < -0.4 is 14.8 Å². The van der Waals surface area contributed by atoms with E-state index in [1.165, 1.54) is 11.8 Å². The molecule has 0 bridgehead atoms. The van der Waals surface area contributed by atoms with Gasteiger partial charge in [0.15, 0.2) is 11.0 Å². The molecule has 10 heteroatoms. The Bertz CT molecular complexity index is 1030. The SMILES string of the molecule is COc1ccc(NC(=O)CSc2nnc(-c3ccncc3)n2CCCN(C)C)c(OC)c1. The number of pyridine rings is 1. The predicted molar refractivity (Wildman–Crippen MR) is 125 cm³/mol. The van der Waals surface area contributed by atoms with Gasteiger partial charge in [0.05, 0.1) is 25.7 Å². The average molecular weight is 457 g/mol. The summed E-state index contributed by atoms with van der Waals surface area (Å²) in [5.74, 6) is 1.99. The molecular formula is C22H28N6O3S. The quantitative estimate of drug-likeness (QED) is 0.440. The lowest BCUT2D eigenvalue weighted by Crippen LogP contribution is -2.17. The second-order valence-corrected chi connectivity index (χ2v) is 8.20. The summed E-state index contributed by atoms with van der Waals surface area (Å²) in [5, 5.41) is 12.3. The third-order valence-electron chi connectivity index (χ3n) is 4.66. The first-order chi connectivity index (χ1) is 15.5. The molecule has 9 nitrogen and oxygen atoms in total. The molecule has 1 N–H and O–H groups in total. The van der Waals surface area contributed by atoms with Gasteiger partial charge in [-0.1, -0.05) is 11.8 Å². The third kappa shape index (κ3) is 6.21. The summed E-state index contributed by atoms with van der Waals surface area (Å²) in [5.41, 5.74) is 1.53. The number of rotatable bonds is 11. The summed E-state index contributed by atoms with van der Waals surface area (Å²) >= 11 is 1.35. The normalized spacial score (nSPS) is 10.9. The fourth-order valence-electron chi connectivity index (χ4n) is 3.07. The number of nitrogens with one attached hydrogen (secondary N) is 1. The van der Waals surface area contributed by atoms with Crippen molar-refractivity contribution in [3.63, 3.8) is 0 Å². The highest BCUT2D eigenvalue weighted by Crippen LogP contribution is 2.29. The molecule has 0 unspecified atom stereocenters. The molecular weight excluding hydrogens is 428 g/mol. The van der Waals surface area contributed by atoms with E-state index in [1.807, 2.05) is 26.2 Å². The van der Waals surface area contributed by atoms with Crippen LogP contribution in [-0.2, 0) is 11.3 Å². The van der Waals surface area contributed by atoms with Crippen molar-refractivity contribution < 1.29 is 14.3 Å². The minimum atomic E-state index is -0.160. The van der Waals surface area contributed by atoms with Crippen LogP contribution in [-0.4, -0.2) is 71.2 Å². The minimum absolute atomic E-state index is 0.160. The smallest absolute Gasteiger partial charge is 0.234 e. The number of carbonyl (C=O) groups is 1. The lowest BCUT2D eigenvalue weighted by molar-refractivity contribution is -0.113. The highest BCUT2D eigenvalue weighted by Gasteiger charge is 2.16. The second kappa shape index (κ2) is 11.5. The maximum absolute atomic E-state index is 12.6. The van der Waals surface area contributed by atoms with Crippen LogP contribution in [0.1, 0.15) is 6.42 Å². The number of anilines is 1. The molecule has 0 saturated carbocycles. The van der Waals surface area contributed by atoms with Crippen LogP contribution in [0.2, 0.25) is 0 Å². The molecule has 0 saturated heterocycles. The number of amides is 1. The molecule has 170 valence electrons. The molecule has 3 rings (SSSR count). The number of methoxy groups -OCH3 is 2. The molecule has 1 aromatic carbocycles. The van der Waals surface area contributed by atoms with E-state index >= 15 is 0 Å². The van der Waals surface area contributed by atoms with E-state index in [2.05, 4.69) is 30.0 Å². The molecule has 1 amide bonds. The van der Waals surface area contributed by atoms with Gasteiger partial charge in [0.25, 0.3) is 0 Å². The summed E-state index contributed by atoms with van der Waals surface area (Å²) in [4.78, 5) is 18.8. The first kappa shape index (κ1) is 23.6. The van der Waals surface area contributed by atoms with Gasteiger partial charge >= 0.3 is 0 Å². The molecule has 0 radical (unpaired) electrons. The molecule has 0 fully saturated rings. The molecule has 3 aromatic rings. The molecule has 32 heavy (non-hydrogen) atoms. The fraction of sp³-hybridized carbons (Fsp3) is 0.364. The molecule has 2 aromatic heterocycles. The topological polar surface area (TPSA) is 94.4 Å². The van der Waals surface area contributed by atoms with Gasteiger partial charge in [-0.3, -0.25) is 9.78 Å². The van der Waals surface area contributed by atoms with E-state index < -0.39 is 0 Å². The number of nitrogens with zero attached hydrogens (tertiary/aromatic N) is 5. The molecule has 2 heterocycles. The van der Waals surface area contributed by atoms with E-state index in [-0.39, 0.29) is 11.7 Å². The number of thioether (sulfide) groups is 1. The van der Waals surface area contributed by atoms with E-state index in [0.717, 1.165) is 30.9 Å². The zero-order valence-corrected chi connectivity index (χ0v) is 19.6. The van der Waals surface area contributed by atoms with Crippen molar-refractivity contribution in [3.05, 3.63) is 42.7 Å². The van der Waals surface area contributed by atoms with Gasteiger partial charge in [0, 0.05) is 30.6 Å². The standard InChI is InChI=1S/C22H28N6O3S/c1-27(2)12-5-13-28-21(16-8-10-23-11-9-16)25-26-22(28)32-15-20(29)24-18-7-6-17(30-3)14-19(18)31-4/h6-11,14H,5,12-13,15H2,1-4H3,(H,24,29). The van der Waals surface area contributed by atoms with Crippen molar-refractivity contribution in [2.24, 2.45) is 0 Å². The molecule has 0 spiro atoms. The zero-order chi connectivity index (χ0) is 22.9. The Morgan fingerprint density at radius 3 is 2.59 bits per heavy atom. The van der Waals surface area contributed by atoms with E-state index in [0.29, 0.717) is 22.3 Å². The first-order valence-electron chi connectivity index (χ1n) is 10.1. The van der Waals surface area contributed by atoms with Crippen molar-refractivity contribution in [2.45, 2.75) is 18.1 Å². The highest BCUT2D eigenvalue weighted by molar-refractivity contribution is 7.99. The van der Waals surface area contributed by atoms with E-state index in [1.54, 1.807) is 44.8 Å². The van der Waals surface area contributed by atoms with Crippen molar-refractivity contribution in [2.75, 3.05) is 45.9 Å². The van der Waals surface area contributed by atoms with Gasteiger partial charge in [-0.15, -0.1) is 10.2 Å². The van der Waals surface area contributed by atoms with Crippen LogP contribution in [0.25, 0.3) is 11.4 Å². The number of benzene rings is 1. The summed E-state index contributed by atoms with van der Waals surface area (Å²) < 4.78 is 12.6. The van der Waals surface area contributed by atoms with Crippen molar-refractivity contribution in [3.8, 4) is 22.9 Å². The third-order valence-corrected chi connectivity index (χ3v) is 5.62. The zero-order valence-electron chi connectivity index (χ0n) is 18.7. The summed E-state index contributed by atoms with van der Waals surface area (Å²) in [6.45, 7) is 1.69. The van der Waals surface area contributed by atoms with E-state index in [9.17, 15) is 4.79 Å². The van der Waals surface area contributed by atoms with Gasteiger partial charge in [-0.2, -0.15) is 0 Å². The summed E-state index contributed by atoms with van der Waals surface area (Å²) in [6, 6.07) is 9.07. The van der Waals surface area contributed by atoms with Crippen LogP contribution in [0.4, 0.5) is 5.69 Å². The van der Waals surface area contributed by atoms with Gasteiger partial charge in [-0.05, 0) is 51.3 Å². The van der Waals surface area contributed by atoms with E-state index in [4.69, 9.17) is 9.47 Å². The molecule has 0 aliphatic carbocycles. The molecule has 0 aliphatic rings. The van der Waals surface area contributed by atoms with Crippen LogP contribution in [0.5, 0.6) is 11.5 Å². The molecule has 0 atom stereocenters. The van der Waals surface area contributed by atoms with Gasteiger partial charge in [0.1, 0.15) is 11.5 Å². The van der Waals surface area contributed by atoms with Gasteiger partial charge in [0.2, 0.25) is 5.91 Å². The van der Waals surface area contributed by atoms with Crippen molar-refractivity contribution in [1.82, 2.24) is 24.6 Å². The number of ether oxygens (including phenoxy) is 2. The summed E-state index contributed by atoms with van der Waals surface area (Å²) in [6.07, 6.45) is 4.40. The Kier molecular flexibility index (Phi) is 8.46. The average Bonchev–Trinajstić information content (AvgIpc) is 3.21. The second-order valence-electron chi connectivity index (χ2n) is 7.25. The predicted octanol–water partition coefficient (Wildman–Crippen LogP) is 3.04. The Morgan fingerprint density at radius 1 is 1.12 bits per heavy atom. The molecule has 0 aliphatic heterocycles. The van der Waals surface area contributed by atoms with Crippen LogP contribution in [0, 0.1) is 0 Å². The Balaban J connectivity index is 1.71. The first-order valence-corrected chi connectivity index (χ1v) is 11.1. The Morgan fingerprint density at radius 2 is 1.91 bits per heavy atom. The van der Waals surface area contributed by atoms with Crippen molar-refractivity contribution >= 4 is 23.4 Å². The van der Waals surface area contributed by atoms with Crippen LogP contribution in [0.15, 0.2) is 47.9 Å². The maximum Gasteiger partial charge on any atom is 0.234 e. The monoisotopic (exact) mass is 456 g/mol. The maximum atomic E-state index is 12.6. The van der Waals surface area contributed by atoms with Crippen LogP contribution in [0.3, 0.4) is 0 Å². The Hall–Kier alpha value is -3.11.